The van der Waals surface area contributed by atoms with E-state index >= 15 is 0 Å². The maximum atomic E-state index is 8.88. The molecule has 4 aromatic heterocycles. The maximum absolute atomic E-state index is 8.88. The number of hydrogen-bond donors (Lipinski definition) is 1. The Labute approximate surface area is 186 Å². The molecule has 0 saturated carbocycles. The Morgan fingerprint density at radius 1 is 0.906 bits per heavy atom. The van der Waals surface area contributed by atoms with Crippen LogP contribution in [-0.4, -0.2) is 9.97 Å². The number of H-pyrrole nitrogens is 1. The van der Waals surface area contributed by atoms with Gasteiger partial charge in [0.15, 0.2) is 22.3 Å². The highest BCUT2D eigenvalue weighted by atomic mass is 32.1. The molecule has 150 valence electrons. The van der Waals surface area contributed by atoms with E-state index in [0.717, 1.165) is 5.69 Å². The fourth-order valence-electron chi connectivity index (χ4n) is 2.77. The summed E-state index contributed by atoms with van der Waals surface area (Å²) in [5.74, 6) is 2.14. The van der Waals surface area contributed by atoms with Crippen LogP contribution in [0.5, 0.6) is 0 Å². The Kier molecular flexibility index (Phi) is 5.51. The van der Waals surface area contributed by atoms with E-state index in [1.807, 2.05) is 24.3 Å². The van der Waals surface area contributed by atoms with E-state index in [2.05, 4.69) is 19.7 Å². The normalized spacial score (nSPS) is 11.4. The van der Waals surface area contributed by atoms with Crippen molar-refractivity contribution in [1.29, 1.82) is 10.5 Å². The van der Waals surface area contributed by atoms with Crippen LogP contribution in [0.25, 0.3) is 55.5 Å². The molecule has 0 aliphatic rings. The topological polar surface area (TPSA) is 111 Å². The van der Waals surface area contributed by atoms with Crippen molar-refractivity contribution < 1.29 is 8.83 Å². The van der Waals surface area contributed by atoms with Crippen molar-refractivity contribution in [2.45, 2.75) is 0 Å². The first kappa shape index (κ1) is 20.2. The monoisotopic (exact) mass is 434 g/mol. The number of thiazole rings is 1. The van der Waals surface area contributed by atoms with E-state index in [1.54, 1.807) is 30.5 Å². The Morgan fingerprint density at radius 3 is 2.22 bits per heavy atom. The van der Waals surface area contributed by atoms with Crippen molar-refractivity contribution >= 4 is 23.5 Å². The van der Waals surface area contributed by atoms with E-state index in [1.165, 1.54) is 23.5 Å². The first-order valence-corrected chi connectivity index (χ1v) is 9.79. The van der Waals surface area contributed by atoms with Crippen LogP contribution in [0.4, 0.5) is 0 Å². The fourth-order valence-corrected chi connectivity index (χ4v) is 3.59. The minimum Gasteiger partial charge on any atom is -0.456 e. The maximum Gasteiger partial charge on any atom is 0.265 e. The van der Waals surface area contributed by atoms with Crippen LogP contribution in [0.1, 0.15) is 10.6 Å². The fraction of sp³-hybridized carbons (Fsp3) is 0. The first-order valence-electron chi connectivity index (χ1n) is 8.97. The Bertz CT molecular complexity index is 1380. The van der Waals surface area contributed by atoms with E-state index in [-0.39, 0.29) is 11.4 Å². The van der Waals surface area contributed by atoms with Crippen LogP contribution >= 0.6 is 11.3 Å². The van der Waals surface area contributed by atoms with Crippen LogP contribution in [-0.2, 0) is 0 Å². The molecule has 32 heavy (non-hydrogen) atoms. The quantitative estimate of drug-likeness (QED) is 0.296. The van der Waals surface area contributed by atoms with Crippen molar-refractivity contribution in [3.8, 4) is 45.8 Å². The van der Waals surface area contributed by atoms with Gasteiger partial charge in [0.05, 0.1) is 36.7 Å². The van der Waals surface area contributed by atoms with Crippen molar-refractivity contribution in [2.75, 3.05) is 0 Å². The van der Waals surface area contributed by atoms with Gasteiger partial charge in [-0.05, 0) is 48.6 Å². The number of nitriles is 2. The summed E-state index contributed by atoms with van der Waals surface area (Å²) in [5.41, 5.74) is 1.38. The molecule has 0 fully saturated rings. The van der Waals surface area contributed by atoms with E-state index < -0.39 is 0 Å². The summed E-state index contributed by atoms with van der Waals surface area (Å²) in [4.78, 5) is 14.5. The van der Waals surface area contributed by atoms with Gasteiger partial charge in [-0.25, -0.2) is 25.2 Å². The SMILES string of the molecule is [C-]#[N+]/C(C#N)=C\c1cnc(-c2ccc(-c3ccc(-c4ccc(/C=C(\C#N)[N+]#[C-])o4)[nH]3)o2)s1. The Morgan fingerprint density at radius 2 is 1.53 bits per heavy atom. The highest BCUT2D eigenvalue weighted by Crippen LogP contribution is 2.33. The van der Waals surface area contributed by atoms with E-state index in [0.29, 0.717) is 38.6 Å². The summed E-state index contributed by atoms with van der Waals surface area (Å²) in [6.45, 7) is 13.9. The van der Waals surface area contributed by atoms with Crippen molar-refractivity contribution in [3.63, 3.8) is 0 Å². The third-order valence-electron chi connectivity index (χ3n) is 4.21. The molecule has 0 aliphatic carbocycles. The number of rotatable bonds is 5. The summed E-state index contributed by atoms with van der Waals surface area (Å²) < 4.78 is 11.6. The zero-order valence-corrected chi connectivity index (χ0v) is 17.0. The first-order chi connectivity index (χ1) is 15.6. The largest absolute Gasteiger partial charge is 0.456 e. The molecule has 0 unspecified atom stereocenters. The van der Waals surface area contributed by atoms with Gasteiger partial charge in [0, 0.05) is 11.1 Å². The molecular weight excluding hydrogens is 424 g/mol. The predicted molar refractivity (Wildman–Crippen MR) is 118 cm³/mol. The molecule has 0 aromatic carbocycles. The average Bonchev–Trinajstić information content (AvgIpc) is 3.61. The van der Waals surface area contributed by atoms with Gasteiger partial charge in [0.1, 0.15) is 5.76 Å². The van der Waals surface area contributed by atoms with Crippen molar-refractivity contribution in [3.05, 3.63) is 87.5 Å². The van der Waals surface area contributed by atoms with Gasteiger partial charge in [0.2, 0.25) is 0 Å². The highest BCUT2D eigenvalue weighted by molar-refractivity contribution is 7.15. The van der Waals surface area contributed by atoms with Crippen molar-refractivity contribution in [2.24, 2.45) is 0 Å². The molecule has 0 aliphatic heterocycles. The number of nitrogens with one attached hydrogen (secondary N) is 1. The predicted octanol–water partition coefficient (Wildman–Crippen LogP) is 6.23. The zero-order chi connectivity index (χ0) is 22.5. The second kappa shape index (κ2) is 8.73. The van der Waals surface area contributed by atoms with Crippen LogP contribution in [0.2, 0.25) is 0 Å². The van der Waals surface area contributed by atoms with Gasteiger partial charge in [-0.15, -0.1) is 11.3 Å². The van der Waals surface area contributed by atoms with Gasteiger partial charge in [-0.1, -0.05) is 0 Å². The number of allylic oxidation sites excluding steroid dienone is 2. The standard InChI is InChI=1S/C23H10N6O2S/c1-26-14(11-24)9-16-3-6-20(30-16)18-4-5-19(29-18)21-7-8-22(31-21)23-28-13-17(32-23)10-15(12-25)27-2/h3-10,13,29H/b14-9+,15-10-. The molecule has 0 radical (unpaired) electrons. The molecule has 4 heterocycles. The van der Waals surface area contributed by atoms with Gasteiger partial charge in [0.25, 0.3) is 11.4 Å². The molecule has 9 heteroatoms. The third kappa shape index (κ3) is 4.10. The second-order valence-electron chi connectivity index (χ2n) is 6.23. The Balaban J connectivity index is 1.55. The molecule has 0 spiro atoms. The minimum atomic E-state index is -0.0556. The average molecular weight is 434 g/mol. The number of hydrogen-bond acceptors (Lipinski definition) is 6. The molecule has 0 atom stereocenters. The second-order valence-corrected chi connectivity index (χ2v) is 7.29. The summed E-state index contributed by atoms with van der Waals surface area (Å²) >= 11 is 1.32. The number of aromatic nitrogens is 2. The van der Waals surface area contributed by atoms with E-state index in [4.69, 9.17) is 32.5 Å². The van der Waals surface area contributed by atoms with Gasteiger partial charge in [-0.3, -0.25) is 0 Å². The molecule has 0 saturated heterocycles. The smallest absolute Gasteiger partial charge is 0.265 e. The van der Waals surface area contributed by atoms with Crippen LogP contribution in [0, 0.1) is 35.8 Å². The van der Waals surface area contributed by atoms with Gasteiger partial charge >= 0.3 is 0 Å². The van der Waals surface area contributed by atoms with Crippen molar-refractivity contribution in [1.82, 2.24) is 9.97 Å². The van der Waals surface area contributed by atoms with Gasteiger partial charge in [-0.2, -0.15) is 0 Å². The van der Waals surface area contributed by atoms with Crippen LogP contribution < -0.4 is 0 Å². The number of aromatic amines is 1. The lowest BCUT2D eigenvalue weighted by atomic mass is 10.3. The number of furan rings is 2. The molecule has 0 bridgehead atoms. The molecular formula is C23H10N6O2S. The minimum absolute atomic E-state index is 0.00578. The summed E-state index contributed by atoms with van der Waals surface area (Å²) in [6, 6.07) is 14.4. The molecule has 4 rings (SSSR count). The molecule has 0 amide bonds. The summed E-state index contributed by atoms with van der Waals surface area (Å²) in [7, 11) is 0. The van der Waals surface area contributed by atoms with Crippen LogP contribution in [0.3, 0.4) is 0 Å². The molecule has 1 N–H and O–H groups in total. The third-order valence-corrected chi connectivity index (χ3v) is 5.17. The highest BCUT2D eigenvalue weighted by Gasteiger charge is 2.13. The lowest BCUT2D eigenvalue weighted by Gasteiger charge is -1.94. The molecule has 8 nitrogen and oxygen atoms in total. The van der Waals surface area contributed by atoms with Crippen LogP contribution in [0.15, 0.2) is 62.8 Å². The summed E-state index contributed by atoms with van der Waals surface area (Å²) in [5, 5.41) is 18.4. The number of nitrogens with zero attached hydrogens (tertiary/aromatic N) is 5. The lowest BCUT2D eigenvalue weighted by Crippen LogP contribution is -1.75. The summed E-state index contributed by atoms with van der Waals surface area (Å²) in [6.07, 6.45) is 4.46. The van der Waals surface area contributed by atoms with E-state index in [9.17, 15) is 0 Å². The zero-order valence-electron chi connectivity index (χ0n) is 16.2. The Hall–Kier alpha value is -5.09. The van der Waals surface area contributed by atoms with Gasteiger partial charge < -0.3 is 13.8 Å². The lowest BCUT2D eigenvalue weighted by molar-refractivity contribution is 0.569. The molecule has 4 aromatic rings.